The molecule has 0 saturated heterocycles. The van der Waals surface area contributed by atoms with E-state index in [0.29, 0.717) is 22.7 Å². The molecule has 0 radical (unpaired) electrons. The minimum Gasteiger partial charge on any atom is -0.422 e. The van der Waals surface area contributed by atoms with Crippen molar-refractivity contribution in [2.75, 3.05) is 0 Å². The Morgan fingerprint density at radius 1 is 1.00 bits per heavy atom. The highest BCUT2D eigenvalue weighted by Gasteiger charge is 2.22. The molecular weight excluding hydrogens is 341 g/mol. The van der Waals surface area contributed by atoms with E-state index in [4.69, 9.17) is 4.74 Å². The standard InChI is InChI=1S/C23H18FNO2/c1-15-9-10-17(12-16(15)2)22-14-18(23(26)27-22)13-19-6-5-11-25(19)21-8-4-3-7-20(21)24/h3-14H,1-2H3. The number of halogens is 1. The Balaban J connectivity index is 1.72. The van der Waals surface area contributed by atoms with E-state index in [1.165, 1.54) is 11.6 Å². The zero-order valence-electron chi connectivity index (χ0n) is 15.1. The predicted molar refractivity (Wildman–Crippen MR) is 104 cm³/mol. The van der Waals surface area contributed by atoms with Crippen molar-refractivity contribution in [2.45, 2.75) is 13.8 Å². The lowest BCUT2D eigenvalue weighted by molar-refractivity contribution is -0.130. The van der Waals surface area contributed by atoms with Crippen LogP contribution in [0.1, 0.15) is 22.4 Å². The van der Waals surface area contributed by atoms with Crippen LogP contribution in [0.25, 0.3) is 17.5 Å². The SMILES string of the molecule is Cc1ccc(C2=CC(=Cc3cccn3-c3ccccc3F)C(=O)O2)cc1C. The number of hydrogen-bond donors (Lipinski definition) is 0. The zero-order chi connectivity index (χ0) is 19.0. The van der Waals surface area contributed by atoms with Gasteiger partial charge in [-0.05, 0) is 67.5 Å². The largest absolute Gasteiger partial charge is 0.422 e. The maximum absolute atomic E-state index is 14.1. The van der Waals surface area contributed by atoms with E-state index in [1.807, 2.05) is 44.2 Å². The Morgan fingerprint density at radius 2 is 1.81 bits per heavy atom. The molecule has 2 aromatic carbocycles. The summed E-state index contributed by atoms with van der Waals surface area (Å²) in [7, 11) is 0. The molecule has 2 heterocycles. The third-order valence-corrected chi connectivity index (χ3v) is 4.71. The molecule has 1 aromatic heterocycles. The third-order valence-electron chi connectivity index (χ3n) is 4.71. The second kappa shape index (κ2) is 6.72. The molecule has 1 aliphatic rings. The van der Waals surface area contributed by atoms with E-state index < -0.39 is 5.97 Å². The summed E-state index contributed by atoms with van der Waals surface area (Å²) in [6.45, 7) is 4.06. The van der Waals surface area contributed by atoms with Gasteiger partial charge < -0.3 is 9.30 Å². The zero-order valence-corrected chi connectivity index (χ0v) is 15.1. The van der Waals surface area contributed by atoms with Gasteiger partial charge in [0.2, 0.25) is 0 Å². The van der Waals surface area contributed by atoms with Crippen molar-refractivity contribution in [3.8, 4) is 5.69 Å². The van der Waals surface area contributed by atoms with Crippen molar-refractivity contribution in [1.82, 2.24) is 4.57 Å². The van der Waals surface area contributed by atoms with Gasteiger partial charge in [0.25, 0.3) is 0 Å². The van der Waals surface area contributed by atoms with Gasteiger partial charge >= 0.3 is 5.97 Å². The highest BCUT2D eigenvalue weighted by Crippen LogP contribution is 2.29. The molecule has 0 atom stereocenters. The van der Waals surface area contributed by atoms with Crippen LogP contribution in [0.15, 0.2) is 72.4 Å². The molecule has 0 bridgehead atoms. The summed E-state index contributed by atoms with van der Waals surface area (Å²) in [5.41, 5.74) is 4.74. The number of rotatable bonds is 3. The highest BCUT2D eigenvalue weighted by atomic mass is 19.1. The van der Waals surface area contributed by atoms with Crippen LogP contribution in [-0.4, -0.2) is 10.5 Å². The molecular formula is C23H18FNO2. The molecule has 3 nitrogen and oxygen atoms in total. The number of benzene rings is 2. The van der Waals surface area contributed by atoms with Gasteiger partial charge in [-0.15, -0.1) is 0 Å². The Bertz CT molecular complexity index is 1110. The number of ether oxygens (including phenoxy) is 1. The molecule has 4 heteroatoms. The summed E-state index contributed by atoms with van der Waals surface area (Å²) in [5, 5.41) is 0. The van der Waals surface area contributed by atoms with Crippen LogP contribution in [-0.2, 0) is 9.53 Å². The first kappa shape index (κ1) is 17.0. The summed E-state index contributed by atoms with van der Waals surface area (Å²) in [4.78, 5) is 12.3. The van der Waals surface area contributed by atoms with Crippen LogP contribution in [0.2, 0.25) is 0 Å². The van der Waals surface area contributed by atoms with Crippen LogP contribution >= 0.6 is 0 Å². The molecule has 0 amide bonds. The van der Waals surface area contributed by atoms with Crippen molar-refractivity contribution in [1.29, 1.82) is 0 Å². The fraction of sp³-hybridized carbons (Fsp3) is 0.0870. The first-order valence-electron chi connectivity index (χ1n) is 8.68. The third kappa shape index (κ3) is 3.22. The molecule has 0 N–H and O–H groups in total. The van der Waals surface area contributed by atoms with Gasteiger partial charge in [-0.3, -0.25) is 0 Å². The number of para-hydroxylation sites is 1. The minimum absolute atomic E-state index is 0.325. The van der Waals surface area contributed by atoms with Crippen molar-refractivity contribution < 1.29 is 13.9 Å². The molecule has 0 spiro atoms. The molecule has 0 unspecified atom stereocenters. The van der Waals surface area contributed by atoms with E-state index in [1.54, 1.807) is 41.1 Å². The van der Waals surface area contributed by atoms with Crippen LogP contribution < -0.4 is 0 Å². The van der Waals surface area contributed by atoms with Crippen molar-refractivity contribution in [3.63, 3.8) is 0 Å². The second-order valence-electron chi connectivity index (χ2n) is 6.55. The maximum Gasteiger partial charge on any atom is 0.343 e. The highest BCUT2D eigenvalue weighted by molar-refractivity contribution is 6.05. The quantitative estimate of drug-likeness (QED) is 0.474. The number of carbonyl (C=O) groups is 1. The van der Waals surface area contributed by atoms with E-state index in [0.717, 1.165) is 11.1 Å². The van der Waals surface area contributed by atoms with E-state index in [2.05, 4.69) is 0 Å². The van der Waals surface area contributed by atoms with Gasteiger partial charge in [0, 0.05) is 17.5 Å². The number of nitrogens with zero attached hydrogens (tertiary/aromatic N) is 1. The summed E-state index contributed by atoms with van der Waals surface area (Å²) >= 11 is 0. The molecule has 134 valence electrons. The lowest BCUT2D eigenvalue weighted by atomic mass is 10.0. The fourth-order valence-corrected chi connectivity index (χ4v) is 3.06. The number of aryl methyl sites for hydroxylation is 2. The van der Waals surface area contributed by atoms with Crippen LogP contribution in [0.3, 0.4) is 0 Å². The minimum atomic E-state index is -0.412. The Hall–Kier alpha value is -3.40. The van der Waals surface area contributed by atoms with Crippen LogP contribution in [0, 0.1) is 19.7 Å². The van der Waals surface area contributed by atoms with Gasteiger partial charge in [0.1, 0.15) is 11.6 Å². The summed E-state index contributed by atoms with van der Waals surface area (Å²) in [5.74, 6) is -0.212. The van der Waals surface area contributed by atoms with Crippen LogP contribution in [0.4, 0.5) is 4.39 Å². The lowest BCUT2D eigenvalue weighted by Gasteiger charge is -2.07. The molecule has 4 rings (SSSR count). The number of hydrogen-bond acceptors (Lipinski definition) is 2. The predicted octanol–water partition coefficient (Wildman–Crippen LogP) is 5.21. The second-order valence-corrected chi connectivity index (χ2v) is 6.55. The Kier molecular flexibility index (Phi) is 4.24. The smallest absolute Gasteiger partial charge is 0.343 e. The molecule has 3 aromatic rings. The summed E-state index contributed by atoms with van der Waals surface area (Å²) in [6.07, 6.45) is 5.20. The molecule has 0 fully saturated rings. The number of aromatic nitrogens is 1. The molecule has 1 aliphatic heterocycles. The summed E-state index contributed by atoms with van der Waals surface area (Å²) < 4.78 is 21.3. The van der Waals surface area contributed by atoms with Gasteiger partial charge in [-0.2, -0.15) is 0 Å². The topological polar surface area (TPSA) is 31.2 Å². The first-order chi connectivity index (χ1) is 13.0. The van der Waals surface area contributed by atoms with Crippen molar-refractivity contribution >= 4 is 17.8 Å². The van der Waals surface area contributed by atoms with Gasteiger partial charge in [-0.1, -0.05) is 24.3 Å². The number of carbonyl (C=O) groups excluding carboxylic acids is 1. The van der Waals surface area contributed by atoms with Gasteiger partial charge in [-0.25, -0.2) is 9.18 Å². The average molecular weight is 359 g/mol. The Morgan fingerprint density at radius 3 is 2.59 bits per heavy atom. The van der Waals surface area contributed by atoms with Gasteiger partial charge in [0.15, 0.2) is 0 Å². The number of esters is 1. The normalized spacial score (nSPS) is 15.1. The average Bonchev–Trinajstić information content (AvgIpc) is 3.25. The fourth-order valence-electron chi connectivity index (χ4n) is 3.06. The molecule has 0 saturated carbocycles. The lowest BCUT2D eigenvalue weighted by Crippen LogP contribution is -2.01. The number of cyclic esters (lactones) is 1. The van der Waals surface area contributed by atoms with E-state index in [9.17, 15) is 9.18 Å². The molecule has 27 heavy (non-hydrogen) atoms. The molecule has 0 aliphatic carbocycles. The maximum atomic E-state index is 14.1. The van der Waals surface area contributed by atoms with E-state index in [-0.39, 0.29) is 5.82 Å². The van der Waals surface area contributed by atoms with Gasteiger partial charge in [0.05, 0.1) is 11.3 Å². The monoisotopic (exact) mass is 359 g/mol. The van der Waals surface area contributed by atoms with E-state index >= 15 is 0 Å². The van der Waals surface area contributed by atoms with Crippen molar-refractivity contribution in [2.24, 2.45) is 0 Å². The van der Waals surface area contributed by atoms with Crippen LogP contribution in [0.5, 0.6) is 0 Å². The first-order valence-corrected chi connectivity index (χ1v) is 8.68. The van der Waals surface area contributed by atoms with Crippen molar-refractivity contribution in [3.05, 3.63) is 101 Å². The summed E-state index contributed by atoms with van der Waals surface area (Å²) in [6, 6.07) is 16.1. The Labute approximate surface area is 157 Å².